The molecule has 20 heavy (non-hydrogen) atoms. The largest absolute Gasteiger partial charge is 0.325 e. The maximum atomic E-state index is 10.2. The van der Waals surface area contributed by atoms with E-state index in [1.807, 2.05) is 0 Å². The van der Waals surface area contributed by atoms with E-state index in [-0.39, 0.29) is 11.4 Å². The van der Waals surface area contributed by atoms with Crippen LogP contribution in [0.3, 0.4) is 0 Å². The molecule has 4 aliphatic carbocycles. The highest BCUT2D eigenvalue weighted by molar-refractivity contribution is 5.81. The molecule has 1 heterocycles. The maximum Gasteiger partial charge on any atom is 0.262 e. The van der Waals surface area contributed by atoms with Crippen molar-refractivity contribution in [1.82, 2.24) is 5.48 Å². The lowest BCUT2D eigenvalue weighted by atomic mass is 9.43. The molecular formula is C15H27N3O2. The third kappa shape index (κ3) is 2.59. The van der Waals surface area contributed by atoms with Gasteiger partial charge >= 0.3 is 0 Å². The van der Waals surface area contributed by atoms with Crippen LogP contribution in [0.4, 0.5) is 0 Å². The zero-order valence-corrected chi connectivity index (χ0v) is 12.6. The predicted molar refractivity (Wildman–Crippen MR) is 76.4 cm³/mol. The Morgan fingerprint density at radius 2 is 1.75 bits per heavy atom. The Bertz CT molecular complexity index is 375. The van der Waals surface area contributed by atoms with E-state index in [0.29, 0.717) is 17.4 Å². The summed E-state index contributed by atoms with van der Waals surface area (Å²) in [7, 11) is 0. The van der Waals surface area contributed by atoms with E-state index in [4.69, 9.17) is 11.5 Å². The molecule has 0 radical (unpaired) electrons. The molecule has 4 saturated carbocycles. The summed E-state index contributed by atoms with van der Waals surface area (Å²) in [5, 5.41) is 0. The van der Waals surface area contributed by atoms with E-state index in [1.165, 1.54) is 38.5 Å². The van der Waals surface area contributed by atoms with Crippen LogP contribution in [0.2, 0.25) is 0 Å². The van der Waals surface area contributed by atoms with Crippen molar-refractivity contribution in [3.63, 3.8) is 0 Å². The highest BCUT2D eigenvalue weighted by Gasteiger charge is 2.58. The first-order valence-electron chi connectivity index (χ1n) is 7.67. The number of hydrogen-bond donors (Lipinski definition) is 3. The fourth-order valence-electron chi connectivity index (χ4n) is 5.89. The quantitative estimate of drug-likeness (QED) is 0.619. The van der Waals surface area contributed by atoms with Crippen molar-refractivity contribution in [2.45, 2.75) is 64.0 Å². The zero-order valence-electron chi connectivity index (χ0n) is 12.6. The summed E-state index contributed by atoms with van der Waals surface area (Å²) in [5.41, 5.74) is 15.2. The summed E-state index contributed by atoms with van der Waals surface area (Å²) < 4.78 is 0. The van der Waals surface area contributed by atoms with Gasteiger partial charge in [0.2, 0.25) is 0 Å². The van der Waals surface area contributed by atoms with E-state index < -0.39 is 6.04 Å². The average Bonchev–Trinajstić information content (AvgIpc) is 2.56. The second kappa shape index (κ2) is 4.42. The Balaban J connectivity index is 0.000000147. The van der Waals surface area contributed by atoms with Crippen molar-refractivity contribution >= 4 is 5.91 Å². The summed E-state index contributed by atoms with van der Waals surface area (Å²) in [5.74, 6) is 0.719. The molecule has 1 aliphatic heterocycles. The fourth-order valence-corrected chi connectivity index (χ4v) is 5.89. The highest BCUT2D eigenvalue weighted by atomic mass is 16.7. The van der Waals surface area contributed by atoms with Crippen molar-refractivity contribution in [1.29, 1.82) is 0 Å². The van der Waals surface area contributed by atoms with E-state index in [9.17, 15) is 4.79 Å². The molecule has 4 bridgehead atoms. The first kappa shape index (κ1) is 14.3. The van der Waals surface area contributed by atoms with Gasteiger partial charge in [0.25, 0.3) is 5.91 Å². The molecule has 2 unspecified atom stereocenters. The Morgan fingerprint density at radius 1 is 1.15 bits per heavy atom. The number of nitrogens with two attached hydrogens (primary N) is 2. The number of nitrogens with one attached hydrogen (secondary N) is 1. The molecule has 1 amide bonds. The van der Waals surface area contributed by atoms with E-state index in [2.05, 4.69) is 24.2 Å². The second-order valence-electron chi connectivity index (χ2n) is 8.38. The van der Waals surface area contributed by atoms with Gasteiger partial charge in [-0.25, -0.2) is 5.48 Å². The number of carbonyl (C=O) groups is 1. The van der Waals surface area contributed by atoms with Crippen LogP contribution < -0.4 is 16.9 Å². The van der Waals surface area contributed by atoms with Crippen molar-refractivity contribution in [2.75, 3.05) is 6.61 Å². The van der Waals surface area contributed by atoms with Crippen LogP contribution in [0.15, 0.2) is 0 Å². The molecule has 3 atom stereocenters. The van der Waals surface area contributed by atoms with Crippen LogP contribution in [0.25, 0.3) is 0 Å². The summed E-state index contributed by atoms with van der Waals surface area (Å²) in [6.07, 6.45) is 8.27. The molecule has 0 aromatic heterocycles. The monoisotopic (exact) mass is 281 g/mol. The number of carbonyl (C=O) groups excluding carboxylic acids is 1. The molecular weight excluding hydrogens is 254 g/mol. The summed E-state index contributed by atoms with van der Waals surface area (Å²) >= 11 is 0. The standard InChI is InChI=1S/C12H21N.C3H6N2O2/c1-10-3-9-4-11(2,6-10)8-12(13,5-9)7-10;4-2-1-7-5-3(2)6/h9H,3-8,13H2,1-2H3;2H,1,4H2,(H,5,6)/t;2-/m.1/s1. The average molecular weight is 281 g/mol. The number of hydroxylamine groups is 1. The van der Waals surface area contributed by atoms with E-state index in [0.717, 1.165) is 5.92 Å². The topological polar surface area (TPSA) is 90.4 Å². The van der Waals surface area contributed by atoms with Gasteiger partial charge in [-0.15, -0.1) is 0 Å². The Kier molecular flexibility index (Phi) is 3.16. The lowest BCUT2D eigenvalue weighted by Crippen LogP contribution is -2.62. The highest BCUT2D eigenvalue weighted by Crippen LogP contribution is 2.65. The zero-order chi connectivity index (χ0) is 14.6. The minimum atomic E-state index is -0.458. The second-order valence-corrected chi connectivity index (χ2v) is 8.38. The van der Waals surface area contributed by atoms with Crippen LogP contribution in [0.5, 0.6) is 0 Å². The molecule has 5 fully saturated rings. The van der Waals surface area contributed by atoms with Crippen molar-refractivity contribution in [2.24, 2.45) is 28.2 Å². The minimum absolute atomic E-state index is 0.225. The van der Waals surface area contributed by atoms with Gasteiger partial charge in [0.1, 0.15) is 6.04 Å². The smallest absolute Gasteiger partial charge is 0.262 e. The van der Waals surface area contributed by atoms with Gasteiger partial charge in [-0.2, -0.15) is 0 Å². The van der Waals surface area contributed by atoms with Gasteiger partial charge in [0, 0.05) is 5.54 Å². The first-order chi connectivity index (χ1) is 9.21. The first-order valence-corrected chi connectivity index (χ1v) is 7.67. The number of rotatable bonds is 0. The van der Waals surface area contributed by atoms with Crippen molar-refractivity contribution in [3.05, 3.63) is 0 Å². The van der Waals surface area contributed by atoms with Gasteiger partial charge in [-0.1, -0.05) is 13.8 Å². The van der Waals surface area contributed by atoms with Gasteiger partial charge in [0.15, 0.2) is 0 Å². The molecule has 5 aliphatic rings. The molecule has 114 valence electrons. The SMILES string of the molecule is CC12CC3CC(C)(C1)CC(N)(C3)C2.N[C@@H]1CONC1=O. The van der Waals surface area contributed by atoms with Crippen molar-refractivity contribution < 1.29 is 9.63 Å². The van der Waals surface area contributed by atoms with Gasteiger partial charge in [-0.3, -0.25) is 9.63 Å². The number of amides is 1. The predicted octanol–water partition coefficient (Wildman–Crippen LogP) is 1.07. The lowest BCUT2D eigenvalue weighted by molar-refractivity contribution is -0.124. The summed E-state index contributed by atoms with van der Waals surface area (Å²) in [4.78, 5) is 14.7. The van der Waals surface area contributed by atoms with Crippen molar-refractivity contribution in [3.8, 4) is 0 Å². The van der Waals surface area contributed by atoms with Crippen LogP contribution in [-0.4, -0.2) is 24.1 Å². The molecule has 5 nitrogen and oxygen atoms in total. The van der Waals surface area contributed by atoms with Crippen LogP contribution in [-0.2, 0) is 9.63 Å². The maximum absolute atomic E-state index is 10.2. The third-order valence-electron chi connectivity index (χ3n) is 5.44. The van der Waals surface area contributed by atoms with E-state index >= 15 is 0 Å². The molecule has 5 N–H and O–H groups in total. The normalized spacial score (nSPS) is 52.5. The molecule has 5 heteroatoms. The third-order valence-corrected chi connectivity index (χ3v) is 5.44. The van der Waals surface area contributed by atoms with Crippen LogP contribution in [0, 0.1) is 16.7 Å². The van der Waals surface area contributed by atoms with Gasteiger partial charge in [0.05, 0.1) is 6.61 Å². The van der Waals surface area contributed by atoms with Crippen LogP contribution in [0.1, 0.15) is 52.4 Å². The Labute approximate surface area is 120 Å². The minimum Gasteiger partial charge on any atom is -0.325 e. The molecule has 0 aromatic carbocycles. The Hall–Kier alpha value is -0.650. The van der Waals surface area contributed by atoms with Gasteiger partial charge in [-0.05, 0) is 55.3 Å². The molecule has 1 saturated heterocycles. The number of hydrogen-bond acceptors (Lipinski definition) is 4. The fraction of sp³-hybridized carbons (Fsp3) is 0.933. The lowest BCUT2D eigenvalue weighted by Gasteiger charge is -2.64. The van der Waals surface area contributed by atoms with E-state index in [1.54, 1.807) is 0 Å². The summed E-state index contributed by atoms with van der Waals surface area (Å²) in [6.45, 7) is 5.23. The molecule has 5 rings (SSSR count). The molecule has 0 spiro atoms. The van der Waals surface area contributed by atoms with Gasteiger partial charge < -0.3 is 11.5 Å². The molecule has 0 aromatic rings. The summed E-state index contributed by atoms with van der Waals surface area (Å²) in [6, 6.07) is -0.458. The van der Waals surface area contributed by atoms with Crippen LogP contribution >= 0.6 is 0 Å². The Morgan fingerprint density at radius 3 is 2.05 bits per heavy atom.